The largest absolute Gasteiger partial charge is 0.480 e. The van der Waals surface area contributed by atoms with E-state index >= 15 is 0 Å². The summed E-state index contributed by atoms with van der Waals surface area (Å²) in [6.07, 6.45) is -0.0670. The Morgan fingerprint density at radius 2 is 2.00 bits per heavy atom. The minimum atomic E-state index is -1.19. The molecule has 0 rings (SSSR count). The molecule has 0 aliphatic rings. The van der Waals surface area contributed by atoms with Gasteiger partial charge in [-0.25, -0.2) is 0 Å². The number of carboxylic acid groups (broad SMARTS) is 1. The van der Waals surface area contributed by atoms with Crippen LogP contribution in [0.15, 0.2) is 0 Å². The van der Waals surface area contributed by atoms with Crippen molar-refractivity contribution in [3.05, 3.63) is 0 Å². The van der Waals surface area contributed by atoms with Crippen molar-refractivity contribution >= 4 is 18.4 Å². The zero-order valence-electron chi connectivity index (χ0n) is 6.64. The monoisotopic (exact) mass is 198 g/mol. The van der Waals surface area contributed by atoms with Crippen molar-refractivity contribution in [2.75, 3.05) is 6.54 Å². The Morgan fingerprint density at radius 1 is 1.50 bits per heavy atom. The summed E-state index contributed by atoms with van der Waals surface area (Å²) in [5, 5.41) is 17.4. The lowest BCUT2D eigenvalue weighted by molar-refractivity contribution is -0.141. The summed E-state index contributed by atoms with van der Waals surface area (Å²) >= 11 is 0. The lowest BCUT2D eigenvalue weighted by Gasteiger charge is -2.13. The maximum absolute atomic E-state index is 10.2. The van der Waals surface area contributed by atoms with E-state index in [1.807, 2.05) is 0 Å². The molecule has 6 N–H and O–H groups in total. The first-order valence-electron chi connectivity index (χ1n) is 3.46. The first-order valence-corrected chi connectivity index (χ1v) is 3.46. The second kappa shape index (κ2) is 7.30. The number of carbonyl (C=O) groups is 1. The highest BCUT2D eigenvalue weighted by atomic mass is 35.5. The van der Waals surface area contributed by atoms with E-state index in [9.17, 15) is 4.79 Å². The fourth-order valence-electron chi connectivity index (χ4n) is 0.671. The molecular weight excluding hydrogens is 184 g/mol. The van der Waals surface area contributed by atoms with Crippen LogP contribution < -0.4 is 11.5 Å². The molecule has 0 heterocycles. The van der Waals surface area contributed by atoms with Crippen molar-refractivity contribution in [2.45, 2.75) is 25.0 Å². The highest BCUT2D eigenvalue weighted by Gasteiger charge is 2.20. The normalized spacial score (nSPS) is 14.6. The van der Waals surface area contributed by atoms with Crippen molar-refractivity contribution < 1.29 is 15.0 Å². The predicted molar refractivity (Wildman–Crippen MR) is 47.2 cm³/mol. The molecule has 0 aliphatic heterocycles. The molecule has 0 spiro atoms. The molecule has 5 nitrogen and oxygen atoms in total. The van der Waals surface area contributed by atoms with E-state index in [2.05, 4.69) is 0 Å². The second-order valence-corrected chi connectivity index (χ2v) is 2.36. The van der Waals surface area contributed by atoms with E-state index < -0.39 is 18.1 Å². The molecular formula is C6H15ClN2O3. The van der Waals surface area contributed by atoms with Crippen LogP contribution in [-0.2, 0) is 4.79 Å². The number of hydrogen-bond donors (Lipinski definition) is 4. The van der Waals surface area contributed by atoms with E-state index in [0.29, 0.717) is 19.4 Å². The summed E-state index contributed by atoms with van der Waals surface area (Å²) < 4.78 is 0. The van der Waals surface area contributed by atoms with E-state index in [1.165, 1.54) is 0 Å². The topological polar surface area (TPSA) is 110 Å². The average molecular weight is 199 g/mol. The van der Waals surface area contributed by atoms with Crippen molar-refractivity contribution in [3.63, 3.8) is 0 Å². The highest BCUT2D eigenvalue weighted by Crippen LogP contribution is 1.99. The van der Waals surface area contributed by atoms with Crippen LogP contribution in [0.3, 0.4) is 0 Å². The van der Waals surface area contributed by atoms with Gasteiger partial charge in [0.25, 0.3) is 0 Å². The van der Waals surface area contributed by atoms with E-state index in [1.54, 1.807) is 0 Å². The zero-order chi connectivity index (χ0) is 8.85. The van der Waals surface area contributed by atoms with Crippen LogP contribution in [0.2, 0.25) is 0 Å². The van der Waals surface area contributed by atoms with Gasteiger partial charge in [-0.3, -0.25) is 4.79 Å². The van der Waals surface area contributed by atoms with Gasteiger partial charge in [0.05, 0.1) is 6.10 Å². The number of aliphatic hydroxyl groups excluding tert-OH is 1. The Labute approximate surface area is 77.1 Å². The molecule has 0 radical (unpaired) electrons. The number of carboxylic acids is 1. The lowest BCUT2D eigenvalue weighted by Crippen LogP contribution is -2.41. The Hall–Kier alpha value is -0.360. The molecule has 0 aromatic carbocycles. The molecule has 2 atom stereocenters. The Kier molecular flexibility index (Phi) is 8.62. The van der Waals surface area contributed by atoms with Crippen molar-refractivity contribution in [1.82, 2.24) is 0 Å². The van der Waals surface area contributed by atoms with Crippen LogP contribution in [0, 0.1) is 0 Å². The van der Waals surface area contributed by atoms with Gasteiger partial charge in [-0.05, 0) is 19.4 Å². The van der Waals surface area contributed by atoms with Crippen LogP contribution >= 0.6 is 12.4 Å². The Balaban J connectivity index is 0. The number of halogens is 1. The minimum Gasteiger partial charge on any atom is -0.480 e. The third-order valence-corrected chi connectivity index (χ3v) is 1.40. The molecule has 0 amide bonds. The van der Waals surface area contributed by atoms with E-state index in [-0.39, 0.29) is 12.4 Å². The Bertz CT molecular complexity index is 134. The van der Waals surface area contributed by atoms with Gasteiger partial charge in [-0.2, -0.15) is 0 Å². The van der Waals surface area contributed by atoms with Gasteiger partial charge in [0.2, 0.25) is 0 Å². The fraction of sp³-hybridized carbons (Fsp3) is 0.833. The van der Waals surface area contributed by atoms with Crippen LogP contribution in [0.1, 0.15) is 12.8 Å². The summed E-state index contributed by atoms with van der Waals surface area (Å²) in [6.45, 7) is 0.434. The van der Waals surface area contributed by atoms with Gasteiger partial charge in [0.15, 0.2) is 0 Å². The summed E-state index contributed by atoms with van der Waals surface area (Å²) in [5.74, 6) is -1.19. The summed E-state index contributed by atoms with van der Waals surface area (Å²) in [6, 6.07) is -1.19. The van der Waals surface area contributed by atoms with Crippen molar-refractivity contribution in [2.24, 2.45) is 11.5 Å². The SMILES string of the molecule is Cl.NCCC[C@H](O)[C@H](N)C(=O)O. The number of aliphatic hydroxyl groups is 1. The summed E-state index contributed by atoms with van der Waals surface area (Å²) in [4.78, 5) is 10.2. The average Bonchev–Trinajstić information content (AvgIpc) is 1.98. The summed E-state index contributed by atoms with van der Waals surface area (Å²) in [7, 11) is 0. The maximum Gasteiger partial charge on any atom is 0.323 e. The first kappa shape index (κ1) is 14.2. The minimum absolute atomic E-state index is 0. The Morgan fingerprint density at radius 3 is 2.33 bits per heavy atom. The van der Waals surface area contributed by atoms with E-state index in [4.69, 9.17) is 21.7 Å². The third kappa shape index (κ3) is 5.31. The molecule has 12 heavy (non-hydrogen) atoms. The van der Waals surface area contributed by atoms with Crippen molar-refractivity contribution in [1.29, 1.82) is 0 Å². The molecule has 74 valence electrons. The van der Waals surface area contributed by atoms with Gasteiger partial charge in [-0.15, -0.1) is 12.4 Å². The number of rotatable bonds is 5. The van der Waals surface area contributed by atoms with Gasteiger partial charge in [0, 0.05) is 0 Å². The fourth-order valence-corrected chi connectivity index (χ4v) is 0.671. The highest BCUT2D eigenvalue weighted by molar-refractivity contribution is 5.85. The third-order valence-electron chi connectivity index (χ3n) is 1.40. The molecule has 0 unspecified atom stereocenters. The molecule has 0 saturated heterocycles. The molecule has 0 aromatic heterocycles. The molecule has 0 fully saturated rings. The van der Waals surface area contributed by atoms with Gasteiger partial charge in [0.1, 0.15) is 6.04 Å². The van der Waals surface area contributed by atoms with Crippen LogP contribution in [-0.4, -0.2) is 34.9 Å². The van der Waals surface area contributed by atoms with Gasteiger partial charge >= 0.3 is 5.97 Å². The zero-order valence-corrected chi connectivity index (χ0v) is 7.46. The molecule has 0 saturated carbocycles. The molecule has 0 aromatic rings. The first-order chi connectivity index (χ1) is 5.09. The van der Waals surface area contributed by atoms with Crippen molar-refractivity contribution in [3.8, 4) is 0 Å². The van der Waals surface area contributed by atoms with Gasteiger partial charge < -0.3 is 21.7 Å². The van der Waals surface area contributed by atoms with Crippen LogP contribution in [0.4, 0.5) is 0 Å². The smallest absolute Gasteiger partial charge is 0.323 e. The maximum atomic E-state index is 10.2. The second-order valence-electron chi connectivity index (χ2n) is 2.36. The predicted octanol–water partition coefficient (Wildman–Crippen LogP) is -1.08. The standard InChI is InChI=1S/C6H14N2O3.ClH/c7-3-1-2-4(9)5(8)6(10)11;/h4-5,9H,1-3,7-8H2,(H,10,11);1H/t4-,5-;/m0./s1. The van der Waals surface area contributed by atoms with E-state index in [0.717, 1.165) is 0 Å². The molecule has 6 heteroatoms. The number of nitrogens with two attached hydrogens (primary N) is 2. The molecule has 0 bridgehead atoms. The molecule has 0 aliphatic carbocycles. The summed E-state index contributed by atoms with van der Waals surface area (Å²) in [5.41, 5.74) is 10.3. The number of hydrogen-bond acceptors (Lipinski definition) is 4. The number of aliphatic carboxylic acids is 1. The van der Waals surface area contributed by atoms with Crippen LogP contribution in [0.5, 0.6) is 0 Å². The quantitative estimate of drug-likeness (QED) is 0.449. The van der Waals surface area contributed by atoms with Gasteiger partial charge in [-0.1, -0.05) is 0 Å². The van der Waals surface area contributed by atoms with Crippen LogP contribution in [0.25, 0.3) is 0 Å². The lowest BCUT2D eigenvalue weighted by atomic mass is 10.1.